The quantitative estimate of drug-likeness (QED) is 0.213. The van der Waals surface area contributed by atoms with Crippen LogP contribution < -0.4 is 10.6 Å². The van der Waals surface area contributed by atoms with Gasteiger partial charge in [0.05, 0.1) is 13.2 Å². The van der Waals surface area contributed by atoms with Crippen molar-refractivity contribution in [1.82, 2.24) is 10.6 Å². The zero-order valence-electron chi connectivity index (χ0n) is 14.5. The monoisotopic (exact) mass is 398 g/mol. The average molecular weight is 398 g/mol. The molecule has 13 nitrogen and oxygen atoms in total. The van der Waals surface area contributed by atoms with Gasteiger partial charge in [-0.25, -0.2) is 4.79 Å². The van der Waals surface area contributed by atoms with Crippen molar-refractivity contribution in [3.63, 3.8) is 0 Å². The lowest BCUT2D eigenvalue weighted by atomic mass is 9.96. The van der Waals surface area contributed by atoms with E-state index in [0.717, 1.165) is 0 Å². The lowest BCUT2D eigenvalue weighted by molar-refractivity contribution is -0.362. The lowest BCUT2D eigenvalue weighted by Gasteiger charge is -2.45. The fourth-order valence-electron chi connectivity index (χ4n) is 2.89. The molecule has 2 saturated heterocycles. The summed E-state index contributed by atoms with van der Waals surface area (Å²) in [6.45, 7) is -1.36. The van der Waals surface area contributed by atoms with Gasteiger partial charge in [0.25, 0.3) is 0 Å². The summed E-state index contributed by atoms with van der Waals surface area (Å²) in [5.74, 6) is 0. The maximum absolute atomic E-state index is 11.6. The smallest absolute Gasteiger partial charge is 0.315 e. The molecule has 2 aliphatic rings. The Hall–Kier alpha value is -1.13. The number of nitrogens with one attached hydrogen (secondary N) is 2. The first-order valence-electron chi connectivity index (χ1n) is 8.31. The summed E-state index contributed by atoms with van der Waals surface area (Å²) >= 11 is 0. The third-order valence-corrected chi connectivity index (χ3v) is 4.52. The van der Waals surface area contributed by atoms with Crippen molar-refractivity contribution in [2.45, 2.75) is 61.3 Å². The van der Waals surface area contributed by atoms with E-state index in [4.69, 9.17) is 14.2 Å². The zero-order valence-corrected chi connectivity index (χ0v) is 14.5. The summed E-state index contributed by atoms with van der Waals surface area (Å²) in [5, 5.41) is 72.9. The van der Waals surface area contributed by atoms with Crippen LogP contribution in [0.2, 0.25) is 0 Å². The van der Waals surface area contributed by atoms with Gasteiger partial charge in [-0.05, 0) is 0 Å². The average Bonchev–Trinajstić information content (AvgIpc) is 2.67. The number of hydrogen-bond acceptors (Lipinski definition) is 11. The van der Waals surface area contributed by atoms with Gasteiger partial charge in [0, 0.05) is 7.05 Å². The highest BCUT2D eigenvalue weighted by atomic mass is 16.8. The van der Waals surface area contributed by atoms with Crippen LogP contribution in [0.4, 0.5) is 4.79 Å². The second kappa shape index (κ2) is 9.38. The van der Waals surface area contributed by atoms with Crippen molar-refractivity contribution < 1.29 is 54.8 Å². The van der Waals surface area contributed by atoms with Gasteiger partial charge in [-0.3, -0.25) is 0 Å². The maximum Gasteiger partial charge on any atom is 0.315 e. The summed E-state index contributed by atoms with van der Waals surface area (Å²) in [6.07, 6.45) is -13.9. The maximum atomic E-state index is 11.6. The van der Waals surface area contributed by atoms with E-state index < -0.39 is 80.6 Å². The molecule has 10 atom stereocenters. The van der Waals surface area contributed by atoms with E-state index in [-0.39, 0.29) is 0 Å². The minimum Gasteiger partial charge on any atom is -0.394 e. The van der Waals surface area contributed by atoms with Crippen molar-refractivity contribution >= 4 is 6.03 Å². The summed E-state index contributed by atoms with van der Waals surface area (Å²) in [7, 11) is 1.31. The van der Waals surface area contributed by atoms with Gasteiger partial charge < -0.3 is 60.6 Å². The van der Waals surface area contributed by atoms with E-state index in [9.17, 15) is 40.5 Å². The molecule has 2 heterocycles. The van der Waals surface area contributed by atoms with Crippen LogP contribution in [0.15, 0.2) is 0 Å². The summed E-state index contributed by atoms with van der Waals surface area (Å²) in [6, 6.07) is -2.07. The van der Waals surface area contributed by atoms with Gasteiger partial charge in [0.1, 0.15) is 48.8 Å². The first kappa shape index (κ1) is 22.2. The molecule has 158 valence electrons. The second-order valence-corrected chi connectivity index (χ2v) is 6.29. The van der Waals surface area contributed by atoms with Crippen molar-refractivity contribution in [3.05, 3.63) is 0 Å². The molecule has 27 heavy (non-hydrogen) atoms. The first-order valence-corrected chi connectivity index (χ1v) is 8.31. The van der Waals surface area contributed by atoms with Crippen molar-refractivity contribution in [2.24, 2.45) is 0 Å². The van der Waals surface area contributed by atoms with Crippen molar-refractivity contribution in [3.8, 4) is 0 Å². The number of carbonyl (C=O) groups is 1. The van der Waals surface area contributed by atoms with Crippen LogP contribution in [0, 0.1) is 0 Å². The Morgan fingerprint density at radius 1 is 0.852 bits per heavy atom. The van der Waals surface area contributed by atoms with E-state index in [1.165, 1.54) is 7.05 Å². The van der Waals surface area contributed by atoms with Gasteiger partial charge in [-0.1, -0.05) is 0 Å². The molecule has 2 amide bonds. The summed E-state index contributed by atoms with van der Waals surface area (Å²) < 4.78 is 15.9. The largest absolute Gasteiger partial charge is 0.394 e. The second-order valence-electron chi connectivity index (χ2n) is 6.29. The molecule has 0 radical (unpaired) electrons. The molecule has 0 aromatic heterocycles. The standard InChI is InChI=1S/C14H26N2O11/c1-15-14(24)16-6-9(21)7(19)4(2-17)25-12(6)27-13-11(23)10(22)8(20)5(3-18)26-13/h4-13,17-23H,2-3H2,1H3,(H2,15,16,24)/t4-,5-,6+,7-,8-,9-,10+,11-,12+,13-/m1/s1. The molecular weight excluding hydrogens is 372 g/mol. The lowest BCUT2D eigenvalue weighted by Crippen LogP contribution is -2.67. The van der Waals surface area contributed by atoms with Gasteiger partial charge in [0.2, 0.25) is 0 Å². The zero-order chi connectivity index (χ0) is 20.3. The van der Waals surface area contributed by atoms with Gasteiger partial charge in [-0.2, -0.15) is 0 Å². The Bertz CT molecular complexity index is 496. The molecule has 9 N–H and O–H groups in total. The van der Waals surface area contributed by atoms with Crippen LogP contribution in [0.1, 0.15) is 0 Å². The topological polar surface area (TPSA) is 210 Å². The normalized spacial score (nSPS) is 45.3. The molecule has 0 unspecified atom stereocenters. The summed E-state index contributed by atoms with van der Waals surface area (Å²) in [5.41, 5.74) is 0. The molecule has 0 aromatic rings. The Morgan fingerprint density at radius 3 is 1.89 bits per heavy atom. The van der Waals surface area contributed by atoms with Gasteiger partial charge in [0.15, 0.2) is 12.6 Å². The molecule has 0 aliphatic carbocycles. The number of hydrogen-bond donors (Lipinski definition) is 9. The van der Waals surface area contributed by atoms with Crippen LogP contribution in [-0.4, -0.2) is 123 Å². The van der Waals surface area contributed by atoms with Crippen LogP contribution in [0.3, 0.4) is 0 Å². The molecule has 2 aliphatic heterocycles. The molecular formula is C14H26N2O11. The van der Waals surface area contributed by atoms with Gasteiger partial charge in [-0.15, -0.1) is 0 Å². The molecule has 0 spiro atoms. The highest BCUT2D eigenvalue weighted by Crippen LogP contribution is 2.28. The third kappa shape index (κ3) is 4.65. The highest BCUT2D eigenvalue weighted by molar-refractivity contribution is 5.73. The Balaban J connectivity index is 2.19. The molecule has 0 saturated carbocycles. The van der Waals surface area contributed by atoms with E-state index >= 15 is 0 Å². The van der Waals surface area contributed by atoms with E-state index in [0.29, 0.717) is 0 Å². The van der Waals surface area contributed by atoms with Crippen molar-refractivity contribution in [2.75, 3.05) is 20.3 Å². The number of aliphatic hydroxyl groups excluding tert-OH is 7. The number of ether oxygens (including phenoxy) is 3. The van der Waals surface area contributed by atoms with Crippen LogP contribution in [-0.2, 0) is 14.2 Å². The van der Waals surface area contributed by atoms with E-state index in [1.807, 2.05) is 0 Å². The fraction of sp³-hybridized carbons (Fsp3) is 0.929. The molecule has 0 bridgehead atoms. The fourth-order valence-corrected chi connectivity index (χ4v) is 2.89. The molecule has 13 heteroatoms. The number of rotatable bonds is 5. The predicted molar refractivity (Wildman–Crippen MR) is 84.0 cm³/mol. The predicted octanol–water partition coefficient (Wildman–Crippen LogP) is -5.46. The number of urea groups is 1. The number of carbonyl (C=O) groups excluding carboxylic acids is 1. The summed E-state index contributed by atoms with van der Waals surface area (Å²) in [4.78, 5) is 11.6. The van der Waals surface area contributed by atoms with Crippen LogP contribution in [0.5, 0.6) is 0 Å². The van der Waals surface area contributed by atoms with E-state index in [2.05, 4.69) is 10.6 Å². The minimum atomic E-state index is -1.75. The molecule has 2 fully saturated rings. The Morgan fingerprint density at radius 2 is 1.37 bits per heavy atom. The Kier molecular flexibility index (Phi) is 7.70. The molecule has 0 aromatic carbocycles. The number of aliphatic hydroxyl groups is 7. The van der Waals surface area contributed by atoms with E-state index in [1.54, 1.807) is 0 Å². The Labute approximate surface area is 154 Å². The first-order chi connectivity index (χ1) is 12.7. The van der Waals surface area contributed by atoms with Crippen LogP contribution >= 0.6 is 0 Å². The van der Waals surface area contributed by atoms with Crippen molar-refractivity contribution in [1.29, 1.82) is 0 Å². The van der Waals surface area contributed by atoms with Gasteiger partial charge >= 0.3 is 6.03 Å². The molecule has 2 rings (SSSR count). The highest BCUT2D eigenvalue weighted by Gasteiger charge is 2.50. The van der Waals surface area contributed by atoms with Crippen LogP contribution in [0.25, 0.3) is 0 Å². The minimum absolute atomic E-state index is 0.681. The third-order valence-electron chi connectivity index (χ3n) is 4.52. The SMILES string of the molecule is CNC(=O)N[C@@H]1[C@H](O[C@H]2O[C@H](CO)[C@@H](O)[C@H](O)[C@H]2O)O[C@H](CO)[C@@H](O)[C@@H]1O. The number of amides is 2.